The van der Waals surface area contributed by atoms with Gasteiger partial charge in [-0.2, -0.15) is 0 Å². The molecule has 3 heterocycles. The Labute approximate surface area is 135 Å². The van der Waals surface area contributed by atoms with Gasteiger partial charge < -0.3 is 15.0 Å². The van der Waals surface area contributed by atoms with Crippen LogP contribution in [0, 0.1) is 6.92 Å². The zero-order valence-electron chi connectivity index (χ0n) is 13.2. The second-order valence-corrected chi connectivity index (χ2v) is 5.94. The third kappa shape index (κ3) is 2.92. The van der Waals surface area contributed by atoms with Crippen LogP contribution >= 0.6 is 0 Å². The van der Waals surface area contributed by atoms with Crippen LogP contribution in [0.5, 0.6) is 0 Å². The minimum atomic E-state index is 0.281. The summed E-state index contributed by atoms with van der Waals surface area (Å²) in [4.78, 5) is 12.6. The molecule has 1 saturated heterocycles. The molecule has 0 amide bonds. The van der Waals surface area contributed by atoms with Crippen LogP contribution in [0.25, 0.3) is 22.3 Å². The highest BCUT2D eigenvalue weighted by Crippen LogP contribution is 2.27. The number of aryl methyl sites for hydroxylation is 1. The van der Waals surface area contributed by atoms with Crippen molar-refractivity contribution in [1.82, 2.24) is 15.0 Å². The number of ether oxygens (including phenoxy) is 1. The van der Waals surface area contributed by atoms with E-state index < -0.39 is 0 Å². The number of rotatable bonds is 4. The number of hydrogen-bond acceptors (Lipinski definition) is 4. The van der Waals surface area contributed by atoms with E-state index in [-0.39, 0.29) is 6.10 Å². The number of H-pyrrole nitrogens is 1. The molecule has 2 aromatic heterocycles. The molecule has 118 valence electrons. The summed E-state index contributed by atoms with van der Waals surface area (Å²) in [5.74, 6) is 1.62. The summed E-state index contributed by atoms with van der Waals surface area (Å²) in [6, 6.07) is 12.3. The molecule has 4 rings (SSSR count). The van der Waals surface area contributed by atoms with E-state index >= 15 is 0 Å². The SMILES string of the molecule is Cc1nc(NCC2CCCO2)c2[nH]c(-c3ccccc3)cc2n1. The average molecular weight is 308 g/mol. The van der Waals surface area contributed by atoms with Crippen LogP contribution in [0.2, 0.25) is 0 Å². The normalized spacial score (nSPS) is 17.7. The molecule has 0 spiro atoms. The third-order valence-corrected chi connectivity index (χ3v) is 4.20. The molecule has 5 heteroatoms. The summed E-state index contributed by atoms with van der Waals surface area (Å²) in [5.41, 5.74) is 4.09. The quantitative estimate of drug-likeness (QED) is 0.774. The Hall–Kier alpha value is -2.40. The lowest BCUT2D eigenvalue weighted by molar-refractivity contribution is 0.120. The van der Waals surface area contributed by atoms with E-state index in [4.69, 9.17) is 4.74 Å². The fourth-order valence-corrected chi connectivity index (χ4v) is 3.05. The first-order valence-corrected chi connectivity index (χ1v) is 8.08. The van der Waals surface area contributed by atoms with E-state index in [0.29, 0.717) is 0 Å². The predicted molar refractivity (Wildman–Crippen MR) is 91.5 cm³/mol. The second-order valence-electron chi connectivity index (χ2n) is 5.94. The Kier molecular flexibility index (Phi) is 3.71. The van der Waals surface area contributed by atoms with Gasteiger partial charge in [-0.15, -0.1) is 0 Å². The molecule has 0 radical (unpaired) electrons. The van der Waals surface area contributed by atoms with Crippen molar-refractivity contribution >= 4 is 16.9 Å². The van der Waals surface area contributed by atoms with Crippen molar-refractivity contribution in [2.24, 2.45) is 0 Å². The van der Waals surface area contributed by atoms with Crippen LogP contribution < -0.4 is 5.32 Å². The van der Waals surface area contributed by atoms with Crippen LogP contribution in [0.3, 0.4) is 0 Å². The lowest BCUT2D eigenvalue weighted by atomic mass is 10.2. The van der Waals surface area contributed by atoms with E-state index in [2.05, 4.69) is 38.5 Å². The van der Waals surface area contributed by atoms with Crippen LogP contribution in [0.15, 0.2) is 36.4 Å². The van der Waals surface area contributed by atoms with Gasteiger partial charge >= 0.3 is 0 Å². The van der Waals surface area contributed by atoms with E-state index in [1.165, 1.54) is 0 Å². The Balaban J connectivity index is 1.67. The summed E-state index contributed by atoms with van der Waals surface area (Å²) in [6.07, 6.45) is 2.54. The molecule has 23 heavy (non-hydrogen) atoms. The zero-order chi connectivity index (χ0) is 15.6. The molecule has 0 aliphatic carbocycles. The van der Waals surface area contributed by atoms with Crippen LogP contribution in [-0.2, 0) is 4.74 Å². The molecule has 1 fully saturated rings. The van der Waals surface area contributed by atoms with Gasteiger partial charge in [-0.25, -0.2) is 9.97 Å². The van der Waals surface area contributed by atoms with E-state index in [0.717, 1.165) is 59.9 Å². The molecule has 2 N–H and O–H groups in total. The van der Waals surface area contributed by atoms with Gasteiger partial charge in [0, 0.05) is 18.8 Å². The van der Waals surface area contributed by atoms with Crippen LogP contribution in [-0.4, -0.2) is 34.2 Å². The first-order chi connectivity index (χ1) is 11.3. The molecule has 1 aliphatic heterocycles. The zero-order valence-corrected chi connectivity index (χ0v) is 13.2. The van der Waals surface area contributed by atoms with Gasteiger partial charge in [0.25, 0.3) is 0 Å². The lowest BCUT2D eigenvalue weighted by Gasteiger charge is -2.12. The molecule has 3 aromatic rings. The largest absolute Gasteiger partial charge is 0.376 e. The Bertz CT molecular complexity index is 807. The van der Waals surface area contributed by atoms with Crippen LogP contribution in [0.4, 0.5) is 5.82 Å². The number of hydrogen-bond donors (Lipinski definition) is 2. The molecular formula is C18H20N4O. The predicted octanol–water partition coefficient (Wildman–Crippen LogP) is 3.52. The fourth-order valence-electron chi connectivity index (χ4n) is 3.05. The van der Waals surface area contributed by atoms with Crippen molar-refractivity contribution in [2.75, 3.05) is 18.5 Å². The lowest BCUT2D eigenvalue weighted by Crippen LogP contribution is -2.19. The molecule has 1 atom stereocenters. The van der Waals surface area contributed by atoms with Gasteiger partial charge in [0.15, 0.2) is 5.82 Å². The number of nitrogens with zero attached hydrogens (tertiary/aromatic N) is 2. The summed E-state index contributed by atoms with van der Waals surface area (Å²) in [7, 11) is 0. The number of benzene rings is 1. The van der Waals surface area contributed by atoms with Crippen molar-refractivity contribution < 1.29 is 4.74 Å². The monoisotopic (exact) mass is 308 g/mol. The number of aromatic nitrogens is 3. The molecule has 1 aromatic carbocycles. The maximum atomic E-state index is 5.68. The maximum absolute atomic E-state index is 5.68. The first kappa shape index (κ1) is 14.2. The minimum absolute atomic E-state index is 0.281. The summed E-state index contributed by atoms with van der Waals surface area (Å²) in [5, 5.41) is 3.43. The number of fused-ring (bicyclic) bond motifs is 1. The van der Waals surface area contributed by atoms with Crippen molar-refractivity contribution in [2.45, 2.75) is 25.9 Å². The van der Waals surface area contributed by atoms with Gasteiger partial charge in [0.2, 0.25) is 0 Å². The van der Waals surface area contributed by atoms with Gasteiger partial charge in [-0.05, 0) is 31.4 Å². The Morgan fingerprint density at radius 1 is 1.26 bits per heavy atom. The minimum Gasteiger partial charge on any atom is -0.376 e. The smallest absolute Gasteiger partial charge is 0.154 e. The Morgan fingerprint density at radius 2 is 2.13 bits per heavy atom. The van der Waals surface area contributed by atoms with Gasteiger partial charge in [0.1, 0.15) is 11.3 Å². The number of nitrogens with one attached hydrogen (secondary N) is 2. The van der Waals surface area contributed by atoms with E-state index in [9.17, 15) is 0 Å². The van der Waals surface area contributed by atoms with Gasteiger partial charge in [-0.1, -0.05) is 30.3 Å². The van der Waals surface area contributed by atoms with Crippen molar-refractivity contribution in [3.05, 3.63) is 42.2 Å². The average Bonchev–Trinajstić information content (AvgIpc) is 3.22. The standard InChI is InChI=1S/C18H20N4O/c1-12-20-16-10-15(13-6-3-2-4-7-13)22-17(16)18(21-12)19-11-14-8-5-9-23-14/h2-4,6-7,10,14,22H,5,8-9,11H2,1H3,(H,19,20,21). The molecule has 1 aliphatic rings. The molecule has 0 saturated carbocycles. The topological polar surface area (TPSA) is 62.8 Å². The molecular weight excluding hydrogens is 288 g/mol. The van der Waals surface area contributed by atoms with E-state index in [1.807, 2.05) is 25.1 Å². The first-order valence-electron chi connectivity index (χ1n) is 8.08. The summed E-state index contributed by atoms with van der Waals surface area (Å²) >= 11 is 0. The molecule has 5 nitrogen and oxygen atoms in total. The van der Waals surface area contributed by atoms with E-state index in [1.54, 1.807) is 0 Å². The van der Waals surface area contributed by atoms with Crippen LogP contribution in [0.1, 0.15) is 18.7 Å². The summed E-state index contributed by atoms with van der Waals surface area (Å²) < 4.78 is 5.68. The second kappa shape index (κ2) is 6.01. The molecule has 1 unspecified atom stereocenters. The summed E-state index contributed by atoms with van der Waals surface area (Å²) in [6.45, 7) is 3.57. The van der Waals surface area contributed by atoms with Gasteiger partial charge in [0.05, 0.1) is 11.6 Å². The van der Waals surface area contributed by atoms with Gasteiger partial charge in [-0.3, -0.25) is 0 Å². The van der Waals surface area contributed by atoms with Crippen molar-refractivity contribution in [3.63, 3.8) is 0 Å². The van der Waals surface area contributed by atoms with Crippen molar-refractivity contribution in [1.29, 1.82) is 0 Å². The Morgan fingerprint density at radius 3 is 2.91 bits per heavy atom. The maximum Gasteiger partial charge on any atom is 0.154 e. The molecule has 0 bridgehead atoms. The third-order valence-electron chi connectivity index (χ3n) is 4.20. The fraction of sp³-hybridized carbons (Fsp3) is 0.333. The van der Waals surface area contributed by atoms with Crippen molar-refractivity contribution in [3.8, 4) is 11.3 Å². The highest BCUT2D eigenvalue weighted by atomic mass is 16.5. The number of aromatic amines is 1. The number of anilines is 1. The highest BCUT2D eigenvalue weighted by molar-refractivity contribution is 5.90. The highest BCUT2D eigenvalue weighted by Gasteiger charge is 2.17.